The summed E-state index contributed by atoms with van der Waals surface area (Å²) in [5.74, 6) is 0.362. The number of methoxy groups -OCH3 is 1. The van der Waals surface area contributed by atoms with Gasteiger partial charge in [0.2, 0.25) is 5.91 Å². The monoisotopic (exact) mass is 361 g/mol. The van der Waals surface area contributed by atoms with Crippen LogP contribution in [0.3, 0.4) is 0 Å². The van der Waals surface area contributed by atoms with Crippen molar-refractivity contribution in [1.82, 2.24) is 4.90 Å². The Morgan fingerprint density at radius 1 is 1.12 bits per heavy atom. The van der Waals surface area contributed by atoms with Crippen LogP contribution in [0.1, 0.15) is 39.7 Å². The fraction of sp³-hybridized carbons (Fsp3) is 0.524. The number of rotatable bonds is 10. The average molecular weight is 361 g/mol. The van der Waals surface area contributed by atoms with Crippen LogP contribution in [0.25, 0.3) is 6.08 Å². The van der Waals surface area contributed by atoms with E-state index < -0.39 is 0 Å². The van der Waals surface area contributed by atoms with Crippen molar-refractivity contribution in [1.29, 1.82) is 0 Å². The molecule has 1 aromatic rings. The summed E-state index contributed by atoms with van der Waals surface area (Å²) < 4.78 is 10.3. The minimum atomic E-state index is -0.355. The zero-order valence-electron chi connectivity index (χ0n) is 16.5. The van der Waals surface area contributed by atoms with E-state index in [1.807, 2.05) is 38.1 Å². The maximum Gasteiger partial charge on any atom is 0.310 e. The average Bonchev–Trinajstić information content (AvgIpc) is 2.63. The highest BCUT2D eigenvalue weighted by atomic mass is 16.5. The second-order valence-electron chi connectivity index (χ2n) is 6.81. The lowest BCUT2D eigenvalue weighted by atomic mass is 10.1. The van der Waals surface area contributed by atoms with Gasteiger partial charge in [-0.05, 0) is 36.1 Å². The molecule has 26 heavy (non-hydrogen) atoms. The number of carbonyl (C=O) groups excluding carboxylic acids is 2. The van der Waals surface area contributed by atoms with Crippen LogP contribution in [0.15, 0.2) is 30.3 Å². The minimum absolute atomic E-state index is 0.110. The van der Waals surface area contributed by atoms with Gasteiger partial charge in [-0.2, -0.15) is 0 Å². The molecule has 0 heterocycles. The van der Waals surface area contributed by atoms with Crippen LogP contribution in [0.5, 0.6) is 5.75 Å². The summed E-state index contributed by atoms with van der Waals surface area (Å²) >= 11 is 0. The Balaban J connectivity index is 2.74. The number of amides is 1. The Labute approximate surface area is 157 Å². The van der Waals surface area contributed by atoms with E-state index in [0.717, 1.165) is 17.7 Å². The van der Waals surface area contributed by atoms with Crippen molar-refractivity contribution >= 4 is 18.0 Å². The first-order valence-corrected chi connectivity index (χ1v) is 9.15. The van der Waals surface area contributed by atoms with Gasteiger partial charge in [0.1, 0.15) is 5.75 Å². The van der Waals surface area contributed by atoms with E-state index in [2.05, 4.69) is 6.92 Å². The predicted octanol–water partition coefficient (Wildman–Crippen LogP) is 3.78. The molecule has 5 heteroatoms. The van der Waals surface area contributed by atoms with Gasteiger partial charge in [0.25, 0.3) is 0 Å². The van der Waals surface area contributed by atoms with Gasteiger partial charge in [0.05, 0.1) is 19.6 Å². The summed E-state index contributed by atoms with van der Waals surface area (Å²) in [4.78, 5) is 25.9. The molecule has 0 aromatic heterocycles. The largest absolute Gasteiger partial charge is 0.494 e. The van der Waals surface area contributed by atoms with E-state index >= 15 is 0 Å². The predicted molar refractivity (Wildman–Crippen MR) is 104 cm³/mol. The number of benzene rings is 1. The molecule has 0 radical (unpaired) electrons. The van der Waals surface area contributed by atoms with Gasteiger partial charge in [-0.15, -0.1) is 0 Å². The van der Waals surface area contributed by atoms with Gasteiger partial charge < -0.3 is 14.4 Å². The highest BCUT2D eigenvalue weighted by Gasteiger charge is 2.20. The van der Waals surface area contributed by atoms with Crippen LogP contribution in [0.4, 0.5) is 0 Å². The third kappa shape index (κ3) is 7.72. The molecule has 1 unspecified atom stereocenters. The smallest absolute Gasteiger partial charge is 0.310 e. The molecule has 1 rings (SSSR count). The molecule has 0 fully saturated rings. The third-order valence-corrected chi connectivity index (χ3v) is 3.77. The first kappa shape index (κ1) is 21.7. The van der Waals surface area contributed by atoms with Crippen molar-refractivity contribution in [2.45, 2.75) is 34.1 Å². The number of esters is 1. The van der Waals surface area contributed by atoms with Crippen molar-refractivity contribution in [3.8, 4) is 5.75 Å². The molecule has 0 saturated heterocycles. The Morgan fingerprint density at radius 3 is 2.31 bits per heavy atom. The molecular formula is C21H31NO4. The second-order valence-corrected chi connectivity index (χ2v) is 6.81. The van der Waals surface area contributed by atoms with Gasteiger partial charge in [0, 0.05) is 19.2 Å². The fourth-order valence-corrected chi connectivity index (χ4v) is 2.47. The lowest BCUT2D eigenvalue weighted by molar-refractivity contribution is -0.146. The molecule has 0 aliphatic carbocycles. The van der Waals surface area contributed by atoms with Gasteiger partial charge in [-0.25, -0.2) is 0 Å². The standard InChI is InChI=1S/C21H31NO4/c1-6-13-26-19-10-7-18(8-11-19)9-12-20(23)22(14-16(2)3)15-17(4)21(24)25-5/h7-12,16-17H,6,13-15H2,1-5H3/b12-9+. The molecule has 0 bridgehead atoms. The van der Waals surface area contributed by atoms with Crippen molar-refractivity contribution in [2.75, 3.05) is 26.8 Å². The van der Waals surface area contributed by atoms with Crippen LogP contribution < -0.4 is 4.74 Å². The number of nitrogens with zero attached hydrogens (tertiary/aromatic N) is 1. The Bertz CT molecular complexity index is 593. The molecule has 0 spiro atoms. The van der Waals surface area contributed by atoms with E-state index in [0.29, 0.717) is 25.6 Å². The van der Waals surface area contributed by atoms with Crippen molar-refractivity contribution in [3.05, 3.63) is 35.9 Å². The summed E-state index contributed by atoms with van der Waals surface area (Å²) in [7, 11) is 1.36. The normalized spacial score (nSPS) is 12.2. The van der Waals surface area contributed by atoms with E-state index in [9.17, 15) is 9.59 Å². The topological polar surface area (TPSA) is 55.8 Å². The highest BCUT2D eigenvalue weighted by Crippen LogP contribution is 2.14. The summed E-state index contributed by atoms with van der Waals surface area (Å²) in [6, 6.07) is 7.62. The van der Waals surface area contributed by atoms with Crippen LogP contribution in [-0.2, 0) is 14.3 Å². The van der Waals surface area contributed by atoms with Crippen molar-refractivity contribution in [2.24, 2.45) is 11.8 Å². The van der Waals surface area contributed by atoms with Crippen LogP contribution in [0, 0.1) is 11.8 Å². The maximum absolute atomic E-state index is 12.6. The molecule has 0 aliphatic rings. The Kier molecular flexibility index (Phi) is 9.48. The van der Waals surface area contributed by atoms with Gasteiger partial charge in [0.15, 0.2) is 0 Å². The molecule has 0 aliphatic heterocycles. The van der Waals surface area contributed by atoms with Gasteiger partial charge >= 0.3 is 5.97 Å². The van der Waals surface area contributed by atoms with Crippen LogP contribution >= 0.6 is 0 Å². The number of hydrogen-bond acceptors (Lipinski definition) is 4. The molecule has 5 nitrogen and oxygen atoms in total. The summed E-state index contributed by atoms with van der Waals surface area (Å²) in [6.45, 7) is 9.55. The van der Waals surface area contributed by atoms with E-state index in [1.165, 1.54) is 7.11 Å². The zero-order valence-corrected chi connectivity index (χ0v) is 16.5. The zero-order chi connectivity index (χ0) is 19.5. The summed E-state index contributed by atoms with van der Waals surface area (Å²) in [5.41, 5.74) is 0.924. The molecule has 0 saturated carbocycles. The van der Waals surface area contributed by atoms with E-state index in [-0.39, 0.29) is 17.8 Å². The SMILES string of the molecule is CCCOc1ccc(/C=C/C(=O)N(CC(C)C)CC(C)C(=O)OC)cc1. The lowest BCUT2D eigenvalue weighted by Crippen LogP contribution is -2.38. The highest BCUT2D eigenvalue weighted by molar-refractivity contribution is 5.92. The molecule has 0 N–H and O–H groups in total. The number of ether oxygens (including phenoxy) is 2. The quantitative estimate of drug-likeness (QED) is 0.470. The Hall–Kier alpha value is -2.30. The third-order valence-electron chi connectivity index (χ3n) is 3.77. The Morgan fingerprint density at radius 2 is 1.77 bits per heavy atom. The minimum Gasteiger partial charge on any atom is -0.494 e. The number of carbonyl (C=O) groups is 2. The second kappa shape index (κ2) is 11.3. The number of hydrogen-bond donors (Lipinski definition) is 0. The fourth-order valence-electron chi connectivity index (χ4n) is 2.47. The van der Waals surface area contributed by atoms with Crippen LogP contribution in [-0.4, -0.2) is 43.6 Å². The molecule has 144 valence electrons. The molecular weight excluding hydrogens is 330 g/mol. The van der Waals surface area contributed by atoms with Gasteiger partial charge in [-0.3, -0.25) is 9.59 Å². The lowest BCUT2D eigenvalue weighted by Gasteiger charge is -2.25. The van der Waals surface area contributed by atoms with Crippen molar-refractivity contribution in [3.63, 3.8) is 0 Å². The first-order chi connectivity index (χ1) is 12.4. The van der Waals surface area contributed by atoms with Gasteiger partial charge in [-0.1, -0.05) is 39.8 Å². The molecule has 1 atom stereocenters. The summed E-state index contributed by atoms with van der Waals surface area (Å²) in [5, 5.41) is 0. The van der Waals surface area contributed by atoms with E-state index in [4.69, 9.17) is 9.47 Å². The molecule has 1 amide bonds. The summed E-state index contributed by atoms with van der Waals surface area (Å²) in [6.07, 6.45) is 4.29. The maximum atomic E-state index is 12.6. The van der Waals surface area contributed by atoms with E-state index in [1.54, 1.807) is 24.0 Å². The van der Waals surface area contributed by atoms with Crippen molar-refractivity contribution < 1.29 is 19.1 Å². The first-order valence-electron chi connectivity index (χ1n) is 9.15. The molecule has 1 aromatic carbocycles. The van der Waals surface area contributed by atoms with Crippen LogP contribution in [0.2, 0.25) is 0 Å².